The molecule has 1 aliphatic rings. The molecule has 1 atom stereocenters. The smallest absolute Gasteiger partial charge is 0.159 e. The fourth-order valence-electron chi connectivity index (χ4n) is 5.90. The Morgan fingerprint density at radius 3 is 1.54 bits per heavy atom. The molecule has 228 valence electrons. The van der Waals surface area contributed by atoms with Crippen LogP contribution >= 0.6 is 0 Å². The van der Waals surface area contributed by atoms with E-state index in [1.807, 2.05) is 20.8 Å². The summed E-state index contributed by atoms with van der Waals surface area (Å²) >= 11 is 0. The second-order valence-corrected chi connectivity index (χ2v) is 14.9. The lowest BCUT2D eigenvalue weighted by Gasteiger charge is -2.38. The summed E-state index contributed by atoms with van der Waals surface area (Å²) < 4.78 is 0. The Hall–Kier alpha value is -1.51. The minimum atomic E-state index is 0.188. The van der Waals surface area contributed by atoms with Crippen LogP contribution in [-0.2, 0) is 14.4 Å². The van der Waals surface area contributed by atoms with Gasteiger partial charge in [0, 0.05) is 19.3 Å². The van der Waals surface area contributed by atoms with Crippen LogP contribution in [0.2, 0.25) is 0 Å². The van der Waals surface area contributed by atoms with Crippen molar-refractivity contribution in [1.82, 2.24) is 0 Å². The molecule has 0 aromatic heterocycles. The molecule has 39 heavy (non-hydrogen) atoms. The van der Waals surface area contributed by atoms with Gasteiger partial charge in [0.2, 0.25) is 0 Å². The van der Waals surface area contributed by atoms with Crippen molar-refractivity contribution in [3.63, 3.8) is 0 Å². The lowest BCUT2D eigenvalue weighted by molar-refractivity contribution is -0.119. The van der Waals surface area contributed by atoms with E-state index in [1.54, 1.807) is 13.0 Å². The van der Waals surface area contributed by atoms with Crippen molar-refractivity contribution in [1.29, 1.82) is 0 Å². The number of rotatable bonds is 12. The van der Waals surface area contributed by atoms with Gasteiger partial charge in [-0.2, -0.15) is 0 Å². The summed E-state index contributed by atoms with van der Waals surface area (Å²) in [6, 6.07) is 0. The summed E-state index contributed by atoms with van der Waals surface area (Å²) in [6.07, 6.45) is 8.36. The Bertz CT molecular complexity index is 805. The Kier molecular flexibility index (Phi) is 19.9. The molecule has 0 amide bonds. The second kappa shape index (κ2) is 19.5. The molecule has 0 aromatic rings. The summed E-state index contributed by atoms with van der Waals surface area (Å²) in [6.45, 7) is 31.9. The normalized spacial score (nSPS) is 18.2. The lowest BCUT2D eigenvalue weighted by atomic mass is 9.66. The molecule has 0 radical (unpaired) electrons. The third kappa shape index (κ3) is 21.0. The summed E-state index contributed by atoms with van der Waals surface area (Å²) in [5.41, 5.74) is 3.99. The minimum Gasteiger partial charge on any atom is -0.300 e. The summed E-state index contributed by atoms with van der Waals surface area (Å²) in [5, 5.41) is 0. The van der Waals surface area contributed by atoms with E-state index in [0.717, 1.165) is 44.1 Å². The Morgan fingerprint density at radius 1 is 0.718 bits per heavy atom. The Balaban J connectivity index is 0. The third-order valence-electron chi connectivity index (χ3n) is 6.48. The van der Waals surface area contributed by atoms with Crippen molar-refractivity contribution >= 4 is 17.3 Å². The molecule has 0 N–H and O–H groups in total. The van der Waals surface area contributed by atoms with E-state index in [9.17, 15) is 14.4 Å². The summed E-state index contributed by atoms with van der Waals surface area (Å²) in [4.78, 5) is 34.2. The topological polar surface area (TPSA) is 51.2 Å². The van der Waals surface area contributed by atoms with E-state index in [2.05, 4.69) is 76.2 Å². The number of ketones is 3. The van der Waals surface area contributed by atoms with Gasteiger partial charge in [-0.1, -0.05) is 101 Å². The zero-order chi connectivity index (χ0) is 31.1. The molecular weight excluding hydrogens is 480 g/mol. The van der Waals surface area contributed by atoms with Crippen LogP contribution in [0.4, 0.5) is 0 Å². The van der Waals surface area contributed by atoms with Gasteiger partial charge in [-0.25, -0.2) is 0 Å². The predicted molar refractivity (Wildman–Crippen MR) is 171 cm³/mol. The van der Waals surface area contributed by atoms with E-state index in [0.29, 0.717) is 47.7 Å². The van der Waals surface area contributed by atoms with Crippen LogP contribution in [0, 0.1) is 40.9 Å². The van der Waals surface area contributed by atoms with Gasteiger partial charge >= 0.3 is 0 Å². The summed E-state index contributed by atoms with van der Waals surface area (Å²) in [5.74, 6) is 4.29. The van der Waals surface area contributed by atoms with Crippen molar-refractivity contribution in [2.45, 2.75) is 149 Å². The molecule has 0 aromatic carbocycles. The van der Waals surface area contributed by atoms with Gasteiger partial charge in [-0.15, -0.1) is 0 Å². The second-order valence-electron chi connectivity index (χ2n) is 14.9. The first-order valence-electron chi connectivity index (χ1n) is 15.6. The molecule has 1 aliphatic carbocycles. The molecule has 0 saturated carbocycles. The van der Waals surface area contributed by atoms with Crippen LogP contribution in [0.1, 0.15) is 149 Å². The average Bonchev–Trinajstić information content (AvgIpc) is 2.63. The van der Waals surface area contributed by atoms with E-state index in [4.69, 9.17) is 0 Å². The van der Waals surface area contributed by atoms with Crippen molar-refractivity contribution < 1.29 is 14.4 Å². The molecule has 0 heterocycles. The zero-order valence-electron chi connectivity index (χ0n) is 28.7. The van der Waals surface area contributed by atoms with Gasteiger partial charge in [-0.3, -0.25) is 9.59 Å². The van der Waals surface area contributed by atoms with Crippen molar-refractivity contribution in [2.24, 2.45) is 40.9 Å². The van der Waals surface area contributed by atoms with Crippen LogP contribution in [0.5, 0.6) is 0 Å². The highest BCUT2D eigenvalue weighted by Gasteiger charge is 2.37. The van der Waals surface area contributed by atoms with Gasteiger partial charge in [-0.05, 0) is 92.1 Å². The fraction of sp³-hybridized carbons (Fsp3) is 0.806. The van der Waals surface area contributed by atoms with Crippen LogP contribution in [0.25, 0.3) is 0 Å². The molecule has 0 bridgehead atoms. The molecular formula is C36H66O3. The van der Waals surface area contributed by atoms with Crippen molar-refractivity contribution in [2.75, 3.05) is 0 Å². The molecule has 1 unspecified atom stereocenters. The highest BCUT2D eigenvalue weighted by Crippen LogP contribution is 2.45. The standard InChI is InChI=1S/C18H32O.C12H22O.C6H12O/c1-12(2)8-15-10-18(7,9-13(3)4)11-16(19)17(15)14(5)6;1-9(2)6-11(5)8-12(13)7-10(3)4;1-5(2)4-6(3)7/h12-14H,8-11H2,1-7H3;8-10H,6-7H2,1-5H3;5H,4H2,1-3H3/b;11-8+;. The molecule has 0 fully saturated rings. The largest absolute Gasteiger partial charge is 0.300 e. The maximum atomic E-state index is 12.6. The third-order valence-corrected chi connectivity index (χ3v) is 6.48. The van der Waals surface area contributed by atoms with Crippen molar-refractivity contribution in [3.8, 4) is 0 Å². The Labute approximate surface area is 244 Å². The van der Waals surface area contributed by atoms with Crippen LogP contribution in [0.3, 0.4) is 0 Å². The van der Waals surface area contributed by atoms with Gasteiger partial charge in [0.15, 0.2) is 11.6 Å². The first kappa shape index (κ1) is 39.6. The van der Waals surface area contributed by atoms with Gasteiger partial charge < -0.3 is 4.79 Å². The number of Topliss-reactive ketones (excluding diaryl/α,β-unsaturated/α-hetero) is 2. The molecule has 3 heteroatoms. The molecule has 3 nitrogen and oxygen atoms in total. The maximum Gasteiger partial charge on any atom is 0.159 e. The minimum absolute atomic E-state index is 0.188. The van der Waals surface area contributed by atoms with E-state index < -0.39 is 0 Å². The lowest BCUT2D eigenvalue weighted by Crippen LogP contribution is -2.31. The SMILES string of the molecule is C/C(=C\C(=O)CC(C)C)CC(C)C.CC(=O)CC(C)C.CC(C)CC1=C(C(C)C)C(=O)CC(C)(CC(C)C)C1. The quantitative estimate of drug-likeness (QED) is 0.229. The monoisotopic (exact) mass is 547 g/mol. The van der Waals surface area contributed by atoms with Crippen LogP contribution in [0.15, 0.2) is 22.8 Å². The molecule has 0 saturated heterocycles. The van der Waals surface area contributed by atoms with Crippen molar-refractivity contribution in [3.05, 3.63) is 22.8 Å². The molecule has 0 aliphatic heterocycles. The first-order valence-corrected chi connectivity index (χ1v) is 15.6. The number of hydrogen-bond acceptors (Lipinski definition) is 3. The van der Waals surface area contributed by atoms with E-state index in [-0.39, 0.29) is 17.0 Å². The van der Waals surface area contributed by atoms with Gasteiger partial charge in [0.05, 0.1) is 0 Å². The molecule has 0 spiro atoms. The Morgan fingerprint density at radius 2 is 1.21 bits per heavy atom. The highest BCUT2D eigenvalue weighted by molar-refractivity contribution is 5.98. The number of allylic oxidation sites excluding steroid dienone is 4. The first-order chi connectivity index (χ1) is 17.7. The zero-order valence-corrected chi connectivity index (χ0v) is 28.7. The van der Waals surface area contributed by atoms with E-state index in [1.165, 1.54) is 11.1 Å². The number of hydrogen-bond donors (Lipinski definition) is 0. The summed E-state index contributed by atoms with van der Waals surface area (Å²) in [7, 11) is 0. The fourth-order valence-corrected chi connectivity index (χ4v) is 5.90. The number of carbonyl (C=O) groups is 3. The highest BCUT2D eigenvalue weighted by atomic mass is 16.1. The molecule has 1 rings (SSSR count). The van der Waals surface area contributed by atoms with E-state index >= 15 is 0 Å². The van der Waals surface area contributed by atoms with Gasteiger partial charge in [0.1, 0.15) is 5.78 Å². The maximum absolute atomic E-state index is 12.6. The van der Waals surface area contributed by atoms with Crippen LogP contribution in [-0.4, -0.2) is 17.3 Å². The average molecular weight is 547 g/mol. The van der Waals surface area contributed by atoms with Crippen LogP contribution < -0.4 is 0 Å². The number of carbonyl (C=O) groups excluding carboxylic acids is 3. The predicted octanol–water partition coefficient (Wildman–Crippen LogP) is 10.6. The van der Waals surface area contributed by atoms with Gasteiger partial charge in [0.25, 0.3) is 0 Å².